The summed E-state index contributed by atoms with van der Waals surface area (Å²) in [6.07, 6.45) is 1.22. The van der Waals surface area contributed by atoms with Gasteiger partial charge in [0.15, 0.2) is 0 Å². The van der Waals surface area contributed by atoms with Crippen LogP contribution in [0.25, 0.3) is 0 Å². The molecule has 25 heavy (non-hydrogen) atoms. The second-order valence-corrected chi connectivity index (χ2v) is 5.46. The van der Waals surface area contributed by atoms with Gasteiger partial charge < -0.3 is 31.3 Å². The summed E-state index contributed by atoms with van der Waals surface area (Å²) in [5.41, 5.74) is 7.05. The summed E-state index contributed by atoms with van der Waals surface area (Å²) in [5, 5.41) is 8.06. The molecular weight excluding hydrogens is 329 g/mol. The third-order valence-corrected chi connectivity index (χ3v) is 3.65. The van der Waals surface area contributed by atoms with E-state index in [1.165, 1.54) is 19.4 Å². The van der Waals surface area contributed by atoms with Gasteiger partial charge in [-0.1, -0.05) is 0 Å². The molecule has 1 aromatic rings. The second kappa shape index (κ2) is 8.76. The standard InChI is InChI=1S/C16H22FN5O3/c1-25-16(24)21-10-11(18)9-20-12-2-3-14(13(17)8-12)22-6-4-15(23)19-5-7-22/h2-3,8-9,20H,4-7,10,18H2,1H3,(H,19,23)(H,21,24)/b11-9-. The number of hydrogen-bond donors (Lipinski definition) is 4. The Morgan fingerprint density at radius 3 is 3.00 bits per heavy atom. The molecule has 0 aromatic heterocycles. The number of methoxy groups -OCH3 is 1. The lowest BCUT2D eigenvalue weighted by molar-refractivity contribution is -0.120. The largest absolute Gasteiger partial charge is 0.453 e. The van der Waals surface area contributed by atoms with Crippen molar-refractivity contribution in [1.29, 1.82) is 0 Å². The van der Waals surface area contributed by atoms with Gasteiger partial charge in [-0.2, -0.15) is 0 Å². The molecule has 1 heterocycles. The van der Waals surface area contributed by atoms with Crippen LogP contribution in [0.3, 0.4) is 0 Å². The number of carbonyl (C=O) groups is 2. The van der Waals surface area contributed by atoms with Crippen molar-refractivity contribution in [2.75, 3.05) is 43.5 Å². The van der Waals surface area contributed by atoms with E-state index in [0.717, 1.165) is 0 Å². The highest BCUT2D eigenvalue weighted by Gasteiger charge is 2.16. The number of nitrogens with one attached hydrogen (secondary N) is 3. The van der Waals surface area contributed by atoms with Gasteiger partial charge in [-0.05, 0) is 18.2 Å². The fraction of sp³-hybridized carbons (Fsp3) is 0.375. The number of ether oxygens (including phenoxy) is 1. The summed E-state index contributed by atoms with van der Waals surface area (Å²) in [6, 6.07) is 4.73. The first-order valence-electron chi connectivity index (χ1n) is 7.83. The average molecular weight is 351 g/mol. The van der Waals surface area contributed by atoms with Crippen molar-refractivity contribution >= 4 is 23.4 Å². The van der Waals surface area contributed by atoms with Crippen molar-refractivity contribution in [3.8, 4) is 0 Å². The average Bonchev–Trinajstić information content (AvgIpc) is 2.82. The molecule has 0 bridgehead atoms. The van der Waals surface area contributed by atoms with Gasteiger partial charge in [0, 0.05) is 43.6 Å². The molecule has 0 radical (unpaired) electrons. The van der Waals surface area contributed by atoms with E-state index in [1.807, 2.05) is 4.90 Å². The van der Waals surface area contributed by atoms with E-state index in [4.69, 9.17) is 5.73 Å². The Labute approximate surface area is 145 Å². The van der Waals surface area contributed by atoms with Gasteiger partial charge in [-0.25, -0.2) is 9.18 Å². The van der Waals surface area contributed by atoms with E-state index < -0.39 is 6.09 Å². The molecule has 0 spiro atoms. The van der Waals surface area contributed by atoms with Crippen LogP contribution in [0, 0.1) is 5.82 Å². The van der Waals surface area contributed by atoms with Crippen molar-refractivity contribution in [2.24, 2.45) is 5.73 Å². The summed E-state index contributed by atoms with van der Waals surface area (Å²) in [4.78, 5) is 24.2. The smallest absolute Gasteiger partial charge is 0.407 e. The van der Waals surface area contributed by atoms with Crippen molar-refractivity contribution in [3.05, 3.63) is 35.9 Å². The minimum Gasteiger partial charge on any atom is -0.453 e. The zero-order valence-corrected chi connectivity index (χ0v) is 14.0. The number of anilines is 2. The van der Waals surface area contributed by atoms with E-state index in [0.29, 0.717) is 43.1 Å². The summed E-state index contributed by atoms with van der Waals surface area (Å²) in [7, 11) is 1.26. The molecule has 0 unspecified atom stereocenters. The zero-order valence-electron chi connectivity index (χ0n) is 14.0. The minimum atomic E-state index is -0.586. The predicted octanol–water partition coefficient (Wildman–Crippen LogP) is 0.720. The molecule has 0 saturated carbocycles. The molecule has 1 saturated heterocycles. The Balaban J connectivity index is 1.96. The maximum absolute atomic E-state index is 14.4. The van der Waals surface area contributed by atoms with Gasteiger partial charge in [0.2, 0.25) is 5.91 Å². The van der Waals surface area contributed by atoms with Crippen molar-refractivity contribution in [3.63, 3.8) is 0 Å². The van der Waals surface area contributed by atoms with Gasteiger partial charge in [-0.3, -0.25) is 4.79 Å². The van der Waals surface area contributed by atoms with Gasteiger partial charge in [0.1, 0.15) is 5.82 Å². The normalized spacial score (nSPS) is 15.2. The Morgan fingerprint density at radius 1 is 1.48 bits per heavy atom. The number of halogens is 1. The summed E-state index contributed by atoms with van der Waals surface area (Å²) < 4.78 is 18.8. The van der Waals surface area contributed by atoms with E-state index in [-0.39, 0.29) is 18.3 Å². The Morgan fingerprint density at radius 2 is 2.28 bits per heavy atom. The van der Waals surface area contributed by atoms with Crippen LogP contribution >= 0.6 is 0 Å². The lowest BCUT2D eigenvalue weighted by atomic mass is 10.2. The number of rotatable bonds is 5. The lowest BCUT2D eigenvalue weighted by Crippen LogP contribution is -2.29. The molecule has 0 aliphatic carbocycles. The van der Waals surface area contributed by atoms with Gasteiger partial charge in [-0.15, -0.1) is 0 Å². The van der Waals surface area contributed by atoms with Crippen LogP contribution in [-0.4, -0.2) is 45.3 Å². The molecule has 2 rings (SSSR count). The van der Waals surface area contributed by atoms with Crippen LogP contribution < -0.4 is 26.6 Å². The van der Waals surface area contributed by atoms with Crippen molar-refractivity contribution in [1.82, 2.24) is 10.6 Å². The molecule has 9 heteroatoms. The number of alkyl carbamates (subject to hydrolysis) is 1. The molecule has 1 fully saturated rings. The first-order valence-corrected chi connectivity index (χ1v) is 7.83. The van der Waals surface area contributed by atoms with Crippen LogP contribution in [0.15, 0.2) is 30.1 Å². The van der Waals surface area contributed by atoms with Gasteiger partial charge >= 0.3 is 6.09 Å². The summed E-state index contributed by atoms with van der Waals surface area (Å²) in [5.74, 6) is -0.415. The van der Waals surface area contributed by atoms with Crippen molar-refractivity contribution in [2.45, 2.75) is 6.42 Å². The molecule has 1 aliphatic heterocycles. The van der Waals surface area contributed by atoms with E-state index >= 15 is 0 Å². The highest BCUT2D eigenvalue weighted by atomic mass is 19.1. The lowest BCUT2D eigenvalue weighted by Gasteiger charge is -2.22. The number of nitrogens with zero attached hydrogens (tertiary/aromatic N) is 1. The van der Waals surface area contributed by atoms with Crippen molar-refractivity contribution < 1.29 is 18.7 Å². The number of carbonyl (C=O) groups excluding carboxylic acids is 2. The quantitative estimate of drug-likeness (QED) is 0.622. The predicted molar refractivity (Wildman–Crippen MR) is 92.5 cm³/mol. The number of amides is 2. The zero-order chi connectivity index (χ0) is 18.2. The van der Waals surface area contributed by atoms with E-state index in [9.17, 15) is 14.0 Å². The first-order chi connectivity index (χ1) is 12.0. The van der Waals surface area contributed by atoms with Crippen LogP contribution in [0.2, 0.25) is 0 Å². The minimum absolute atomic E-state index is 0.0256. The van der Waals surface area contributed by atoms with Gasteiger partial charge in [0.05, 0.1) is 19.3 Å². The van der Waals surface area contributed by atoms with Gasteiger partial charge in [0.25, 0.3) is 0 Å². The Hall–Kier alpha value is -2.97. The van der Waals surface area contributed by atoms with E-state index in [1.54, 1.807) is 12.1 Å². The maximum Gasteiger partial charge on any atom is 0.407 e. The monoisotopic (exact) mass is 351 g/mol. The summed E-state index contributed by atoms with van der Waals surface area (Å²) in [6.45, 7) is 1.63. The number of nitrogens with two attached hydrogens (primary N) is 1. The number of hydrogen-bond acceptors (Lipinski definition) is 6. The van der Waals surface area contributed by atoms with Crippen LogP contribution in [0.5, 0.6) is 0 Å². The second-order valence-electron chi connectivity index (χ2n) is 5.46. The fourth-order valence-corrected chi connectivity index (χ4v) is 2.33. The Kier molecular flexibility index (Phi) is 6.44. The van der Waals surface area contributed by atoms with E-state index in [2.05, 4.69) is 20.7 Å². The Bertz CT molecular complexity index is 665. The molecular formula is C16H22FN5O3. The molecule has 136 valence electrons. The molecule has 8 nitrogen and oxygen atoms in total. The number of benzene rings is 1. The molecule has 1 aliphatic rings. The topological polar surface area (TPSA) is 109 Å². The maximum atomic E-state index is 14.4. The van der Waals surface area contributed by atoms with Crippen LogP contribution in [0.1, 0.15) is 6.42 Å². The molecule has 2 amide bonds. The molecule has 1 aromatic carbocycles. The van der Waals surface area contributed by atoms with Crippen LogP contribution in [0.4, 0.5) is 20.6 Å². The fourth-order valence-electron chi connectivity index (χ4n) is 2.33. The highest BCUT2D eigenvalue weighted by Crippen LogP contribution is 2.23. The molecule has 5 N–H and O–H groups in total. The first kappa shape index (κ1) is 18.4. The van der Waals surface area contributed by atoms with Crippen LogP contribution in [-0.2, 0) is 9.53 Å². The SMILES string of the molecule is COC(=O)NC/C(N)=C/Nc1ccc(N2CCNC(=O)CC2)c(F)c1. The third kappa shape index (κ3) is 5.55. The molecule has 0 atom stereocenters. The highest BCUT2D eigenvalue weighted by molar-refractivity contribution is 5.77. The third-order valence-electron chi connectivity index (χ3n) is 3.65. The summed E-state index contributed by atoms with van der Waals surface area (Å²) >= 11 is 0.